The number of rotatable bonds is 2. The Labute approximate surface area is 109 Å². The second-order valence-corrected chi connectivity index (χ2v) is 6.19. The Hall–Kier alpha value is -0.530. The Kier molecular flexibility index (Phi) is 4.11. The van der Waals surface area contributed by atoms with Crippen molar-refractivity contribution in [3.63, 3.8) is 0 Å². The first-order valence-corrected chi connectivity index (χ1v) is 6.95. The lowest BCUT2D eigenvalue weighted by Crippen LogP contribution is -2.29. The molecule has 94 valence electrons. The van der Waals surface area contributed by atoms with Crippen molar-refractivity contribution in [2.24, 2.45) is 23.5 Å². The molecule has 1 saturated carbocycles. The molecule has 0 saturated heterocycles. The zero-order valence-corrected chi connectivity index (χ0v) is 11.5. The zero-order valence-electron chi connectivity index (χ0n) is 10.7. The van der Waals surface area contributed by atoms with Gasteiger partial charge in [0, 0.05) is 11.1 Å². The van der Waals surface area contributed by atoms with Crippen LogP contribution < -0.4 is 5.73 Å². The van der Waals surface area contributed by atoms with E-state index in [0.29, 0.717) is 5.92 Å². The van der Waals surface area contributed by atoms with Crippen LogP contribution in [-0.2, 0) is 0 Å². The van der Waals surface area contributed by atoms with E-state index in [1.165, 1.54) is 24.8 Å². The molecule has 1 fully saturated rings. The molecule has 2 heteroatoms. The van der Waals surface area contributed by atoms with E-state index in [9.17, 15) is 0 Å². The van der Waals surface area contributed by atoms with Gasteiger partial charge in [0.2, 0.25) is 0 Å². The number of halogens is 1. The highest BCUT2D eigenvalue weighted by molar-refractivity contribution is 6.30. The highest BCUT2D eigenvalue weighted by Crippen LogP contribution is 2.38. The molecule has 17 heavy (non-hydrogen) atoms. The summed E-state index contributed by atoms with van der Waals surface area (Å²) in [5.74, 6) is 2.24. The first-order valence-electron chi connectivity index (χ1n) is 6.57. The molecule has 0 spiro atoms. The first-order chi connectivity index (χ1) is 8.06. The molecule has 2 N–H and O–H groups in total. The van der Waals surface area contributed by atoms with Crippen molar-refractivity contribution in [3.05, 3.63) is 34.9 Å². The van der Waals surface area contributed by atoms with E-state index in [-0.39, 0.29) is 6.04 Å². The topological polar surface area (TPSA) is 26.0 Å². The van der Waals surface area contributed by atoms with Gasteiger partial charge in [-0.3, -0.25) is 0 Å². The van der Waals surface area contributed by atoms with E-state index < -0.39 is 0 Å². The molecule has 0 amide bonds. The zero-order chi connectivity index (χ0) is 12.4. The number of hydrogen-bond acceptors (Lipinski definition) is 1. The lowest BCUT2D eigenvalue weighted by atomic mass is 9.73. The molecular weight excluding hydrogens is 230 g/mol. The molecule has 0 aliphatic heterocycles. The molecule has 0 aromatic heterocycles. The molecule has 0 radical (unpaired) electrons. The molecule has 1 aliphatic carbocycles. The van der Waals surface area contributed by atoms with Crippen molar-refractivity contribution >= 4 is 11.6 Å². The van der Waals surface area contributed by atoms with Crippen LogP contribution in [0.1, 0.15) is 44.7 Å². The van der Waals surface area contributed by atoms with Gasteiger partial charge in [-0.05, 0) is 54.7 Å². The predicted octanol–water partition coefficient (Wildman–Crippen LogP) is 4.41. The van der Waals surface area contributed by atoms with Crippen LogP contribution in [0.25, 0.3) is 0 Å². The molecule has 1 aliphatic rings. The average molecular weight is 252 g/mol. The molecule has 1 aromatic carbocycles. The first kappa shape index (κ1) is 12.9. The molecule has 3 atom stereocenters. The normalized spacial score (nSPS) is 31.2. The third kappa shape index (κ3) is 3.23. The maximum absolute atomic E-state index is 6.40. The summed E-state index contributed by atoms with van der Waals surface area (Å²) in [5, 5.41) is 0.784. The summed E-state index contributed by atoms with van der Waals surface area (Å²) >= 11 is 5.91. The lowest BCUT2D eigenvalue weighted by Gasteiger charge is -2.35. The van der Waals surface area contributed by atoms with Crippen molar-refractivity contribution in [2.45, 2.75) is 39.2 Å². The third-order valence-corrected chi connectivity index (χ3v) is 4.23. The smallest absolute Gasteiger partial charge is 0.0406 e. The number of nitrogens with two attached hydrogens (primary N) is 1. The maximum atomic E-state index is 6.40. The van der Waals surface area contributed by atoms with Gasteiger partial charge in [-0.15, -0.1) is 0 Å². The van der Waals surface area contributed by atoms with E-state index >= 15 is 0 Å². The van der Waals surface area contributed by atoms with Crippen molar-refractivity contribution in [1.82, 2.24) is 0 Å². The number of benzene rings is 1. The summed E-state index contributed by atoms with van der Waals surface area (Å²) in [4.78, 5) is 0. The monoisotopic (exact) mass is 251 g/mol. The molecule has 1 aromatic rings. The van der Waals surface area contributed by atoms with Crippen LogP contribution in [-0.4, -0.2) is 0 Å². The van der Waals surface area contributed by atoms with Gasteiger partial charge in [0.05, 0.1) is 0 Å². The average Bonchev–Trinajstić information content (AvgIpc) is 2.28. The van der Waals surface area contributed by atoms with Crippen LogP contribution in [0, 0.1) is 17.8 Å². The maximum Gasteiger partial charge on any atom is 0.0406 e. The van der Waals surface area contributed by atoms with Crippen LogP contribution in [0.4, 0.5) is 0 Å². The second kappa shape index (κ2) is 5.41. The minimum Gasteiger partial charge on any atom is -0.324 e. The fourth-order valence-corrected chi connectivity index (χ4v) is 3.39. The van der Waals surface area contributed by atoms with Gasteiger partial charge in [-0.2, -0.15) is 0 Å². The molecule has 3 unspecified atom stereocenters. The fraction of sp³-hybridized carbons (Fsp3) is 0.600. The van der Waals surface area contributed by atoms with Crippen LogP contribution >= 0.6 is 11.6 Å². The van der Waals surface area contributed by atoms with E-state index in [1.807, 2.05) is 12.1 Å². The Morgan fingerprint density at radius 1 is 1.06 bits per heavy atom. The van der Waals surface area contributed by atoms with Gasteiger partial charge in [-0.25, -0.2) is 0 Å². The van der Waals surface area contributed by atoms with Crippen LogP contribution in [0.3, 0.4) is 0 Å². The van der Waals surface area contributed by atoms with Gasteiger partial charge >= 0.3 is 0 Å². The van der Waals surface area contributed by atoms with Gasteiger partial charge in [0.1, 0.15) is 0 Å². The molecule has 2 rings (SSSR count). The van der Waals surface area contributed by atoms with E-state index in [1.54, 1.807) is 0 Å². The standard InChI is InChI=1S/C15H22ClN/c1-10-7-11(2)9-13(8-10)15(17)12-3-5-14(16)6-4-12/h3-6,10-11,13,15H,7-9,17H2,1-2H3. The number of hydrogen-bond donors (Lipinski definition) is 1. The Morgan fingerprint density at radius 2 is 1.59 bits per heavy atom. The van der Waals surface area contributed by atoms with Crippen molar-refractivity contribution in [3.8, 4) is 0 Å². The van der Waals surface area contributed by atoms with Crippen molar-refractivity contribution < 1.29 is 0 Å². The summed E-state index contributed by atoms with van der Waals surface area (Å²) in [7, 11) is 0. The molecular formula is C15H22ClN. The van der Waals surface area contributed by atoms with Crippen molar-refractivity contribution in [1.29, 1.82) is 0 Å². The van der Waals surface area contributed by atoms with Gasteiger partial charge in [-0.1, -0.05) is 37.6 Å². The summed E-state index contributed by atoms with van der Waals surface area (Å²) < 4.78 is 0. The summed E-state index contributed by atoms with van der Waals surface area (Å²) in [6.07, 6.45) is 3.87. The Balaban J connectivity index is 2.08. The highest BCUT2D eigenvalue weighted by atomic mass is 35.5. The van der Waals surface area contributed by atoms with Crippen molar-refractivity contribution in [2.75, 3.05) is 0 Å². The summed E-state index contributed by atoms with van der Waals surface area (Å²) in [6.45, 7) is 4.69. The van der Waals surface area contributed by atoms with Gasteiger partial charge in [0.25, 0.3) is 0 Å². The molecule has 0 bridgehead atoms. The largest absolute Gasteiger partial charge is 0.324 e. The second-order valence-electron chi connectivity index (χ2n) is 5.75. The van der Waals surface area contributed by atoms with Crippen LogP contribution in [0.15, 0.2) is 24.3 Å². The fourth-order valence-electron chi connectivity index (χ4n) is 3.26. The highest BCUT2D eigenvalue weighted by Gasteiger charge is 2.28. The Bertz CT molecular complexity index is 350. The lowest BCUT2D eigenvalue weighted by molar-refractivity contribution is 0.193. The van der Waals surface area contributed by atoms with E-state index in [2.05, 4.69) is 26.0 Å². The van der Waals surface area contributed by atoms with Crippen LogP contribution in [0.5, 0.6) is 0 Å². The minimum atomic E-state index is 0.164. The van der Waals surface area contributed by atoms with Gasteiger partial charge in [0.15, 0.2) is 0 Å². The van der Waals surface area contributed by atoms with Crippen LogP contribution in [0.2, 0.25) is 5.02 Å². The minimum absolute atomic E-state index is 0.164. The molecule has 0 heterocycles. The van der Waals surface area contributed by atoms with E-state index in [4.69, 9.17) is 17.3 Å². The summed E-state index contributed by atoms with van der Waals surface area (Å²) in [6, 6.07) is 8.17. The predicted molar refractivity (Wildman–Crippen MR) is 74.0 cm³/mol. The molecule has 1 nitrogen and oxygen atoms in total. The van der Waals surface area contributed by atoms with Gasteiger partial charge < -0.3 is 5.73 Å². The Morgan fingerprint density at radius 3 is 2.12 bits per heavy atom. The summed E-state index contributed by atoms with van der Waals surface area (Å²) in [5.41, 5.74) is 7.62. The third-order valence-electron chi connectivity index (χ3n) is 3.98. The van der Waals surface area contributed by atoms with E-state index in [0.717, 1.165) is 16.9 Å². The quantitative estimate of drug-likeness (QED) is 0.828. The SMILES string of the molecule is CC1CC(C)CC(C(N)c2ccc(Cl)cc2)C1.